The van der Waals surface area contributed by atoms with Crippen molar-refractivity contribution in [2.45, 2.75) is 6.92 Å². The molecular formula is C17H14N4O2. The van der Waals surface area contributed by atoms with Crippen LogP contribution >= 0.6 is 0 Å². The Morgan fingerprint density at radius 2 is 1.74 bits per heavy atom. The SMILES string of the molecule is COc1ccc(-n2c(=O)c3ccccc3n3c(C)nnc23)cc1. The molecule has 0 saturated heterocycles. The maximum atomic E-state index is 13.0. The molecule has 2 aromatic heterocycles. The van der Waals surface area contributed by atoms with Gasteiger partial charge in [0.25, 0.3) is 5.56 Å². The van der Waals surface area contributed by atoms with Crippen LogP contribution in [-0.2, 0) is 0 Å². The maximum Gasteiger partial charge on any atom is 0.267 e. The minimum atomic E-state index is -0.120. The summed E-state index contributed by atoms with van der Waals surface area (Å²) in [5.74, 6) is 1.96. The second kappa shape index (κ2) is 4.95. The molecule has 0 atom stereocenters. The highest BCUT2D eigenvalue weighted by atomic mass is 16.5. The van der Waals surface area contributed by atoms with Gasteiger partial charge in [-0.15, -0.1) is 10.2 Å². The van der Waals surface area contributed by atoms with E-state index in [1.807, 2.05) is 59.9 Å². The summed E-state index contributed by atoms with van der Waals surface area (Å²) in [5, 5.41) is 8.95. The number of aryl methyl sites for hydroxylation is 1. The predicted octanol–water partition coefficient (Wildman–Crippen LogP) is 2.35. The van der Waals surface area contributed by atoms with Gasteiger partial charge >= 0.3 is 0 Å². The van der Waals surface area contributed by atoms with Gasteiger partial charge in [0.1, 0.15) is 11.6 Å². The van der Waals surface area contributed by atoms with E-state index in [2.05, 4.69) is 10.2 Å². The number of ether oxygens (including phenoxy) is 1. The Hall–Kier alpha value is -3.15. The van der Waals surface area contributed by atoms with Crippen molar-refractivity contribution in [1.29, 1.82) is 0 Å². The van der Waals surface area contributed by atoms with Crippen molar-refractivity contribution in [3.05, 3.63) is 64.7 Å². The van der Waals surface area contributed by atoms with Gasteiger partial charge < -0.3 is 4.74 Å². The number of hydrogen-bond acceptors (Lipinski definition) is 4. The lowest BCUT2D eigenvalue weighted by molar-refractivity contribution is 0.414. The first-order valence-electron chi connectivity index (χ1n) is 7.20. The van der Waals surface area contributed by atoms with E-state index in [4.69, 9.17) is 4.74 Å². The van der Waals surface area contributed by atoms with Gasteiger partial charge in [-0.2, -0.15) is 0 Å². The number of benzene rings is 2. The molecule has 2 aromatic carbocycles. The van der Waals surface area contributed by atoms with Crippen LogP contribution in [0.1, 0.15) is 5.82 Å². The Balaban J connectivity index is 2.16. The third kappa shape index (κ3) is 1.92. The Labute approximate surface area is 131 Å². The highest BCUT2D eigenvalue weighted by molar-refractivity contribution is 5.81. The van der Waals surface area contributed by atoms with Crippen LogP contribution in [0.4, 0.5) is 0 Å². The first kappa shape index (κ1) is 13.5. The van der Waals surface area contributed by atoms with Gasteiger partial charge in [-0.1, -0.05) is 12.1 Å². The topological polar surface area (TPSA) is 61.4 Å². The van der Waals surface area contributed by atoms with Gasteiger partial charge in [-0.25, -0.2) is 4.57 Å². The molecule has 114 valence electrons. The monoisotopic (exact) mass is 306 g/mol. The Kier molecular flexibility index (Phi) is 2.90. The molecule has 0 bridgehead atoms. The summed E-state index contributed by atoms with van der Waals surface area (Å²) in [6.45, 7) is 1.87. The van der Waals surface area contributed by atoms with Gasteiger partial charge in [-0.05, 0) is 43.3 Å². The summed E-state index contributed by atoms with van der Waals surface area (Å²) >= 11 is 0. The molecule has 0 unspecified atom stereocenters. The summed E-state index contributed by atoms with van der Waals surface area (Å²) in [6.07, 6.45) is 0. The molecule has 6 heteroatoms. The van der Waals surface area contributed by atoms with E-state index in [0.29, 0.717) is 11.2 Å². The lowest BCUT2D eigenvalue weighted by atomic mass is 10.2. The van der Waals surface area contributed by atoms with Crippen LogP contribution in [-0.4, -0.2) is 26.3 Å². The number of hydrogen-bond donors (Lipinski definition) is 0. The summed E-state index contributed by atoms with van der Waals surface area (Å²) in [7, 11) is 1.61. The molecule has 0 aliphatic heterocycles. The molecule has 0 saturated carbocycles. The fourth-order valence-corrected chi connectivity index (χ4v) is 2.80. The first-order chi connectivity index (χ1) is 11.2. The van der Waals surface area contributed by atoms with Gasteiger partial charge in [0.05, 0.1) is 23.7 Å². The molecule has 6 nitrogen and oxygen atoms in total. The molecule has 0 N–H and O–H groups in total. The van der Waals surface area contributed by atoms with Gasteiger partial charge in [0.2, 0.25) is 5.78 Å². The average Bonchev–Trinajstić information content (AvgIpc) is 2.97. The third-order valence-electron chi connectivity index (χ3n) is 3.92. The Morgan fingerprint density at radius 1 is 1.00 bits per heavy atom. The second-order valence-electron chi connectivity index (χ2n) is 5.24. The van der Waals surface area contributed by atoms with Gasteiger partial charge in [-0.3, -0.25) is 9.20 Å². The van der Waals surface area contributed by atoms with Crippen molar-refractivity contribution in [3.8, 4) is 11.4 Å². The van der Waals surface area contributed by atoms with Crippen LogP contribution in [0.5, 0.6) is 5.75 Å². The largest absolute Gasteiger partial charge is 0.497 e. The molecule has 23 heavy (non-hydrogen) atoms. The fourth-order valence-electron chi connectivity index (χ4n) is 2.80. The van der Waals surface area contributed by atoms with E-state index in [9.17, 15) is 4.79 Å². The molecule has 0 spiro atoms. The number of methoxy groups -OCH3 is 1. The molecule has 4 aromatic rings. The highest BCUT2D eigenvalue weighted by Gasteiger charge is 2.15. The zero-order valence-electron chi connectivity index (χ0n) is 12.7. The lowest BCUT2D eigenvalue weighted by Crippen LogP contribution is -2.21. The maximum absolute atomic E-state index is 13.0. The lowest BCUT2D eigenvalue weighted by Gasteiger charge is -2.11. The van der Waals surface area contributed by atoms with Crippen molar-refractivity contribution >= 4 is 16.7 Å². The normalized spacial score (nSPS) is 11.2. The van der Waals surface area contributed by atoms with E-state index in [-0.39, 0.29) is 5.56 Å². The number of aromatic nitrogens is 4. The van der Waals surface area contributed by atoms with Crippen LogP contribution in [0.25, 0.3) is 22.4 Å². The minimum absolute atomic E-state index is 0.120. The quantitative estimate of drug-likeness (QED) is 0.570. The van der Waals surface area contributed by atoms with Crippen LogP contribution in [0.15, 0.2) is 53.3 Å². The predicted molar refractivity (Wildman–Crippen MR) is 87.4 cm³/mol. The van der Waals surface area contributed by atoms with Crippen LogP contribution in [0.2, 0.25) is 0 Å². The average molecular weight is 306 g/mol. The molecule has 4 rings (SSSR count). The van der Waals surface area contributed by atoms with Gasteiger partial charge in [0.15, 0.2) is 0 Å². The summed E-state index contributed by atoms with van der Waals surface area (Å²) in [5.41, 5.74) is 1.41. The molecule has 0 aliphatic rings. The van der Waals surface area contributed by atoms with Crippen LogP contribution < -0.4 is 10.3 Å². The molecule has 0 aliphatic carbocycles. The van der Waals surface area contributed by atoms with E-state index < -0.39 is 0 Å². The second-order valence-corrected chi connectivity index (χ2v) is 5.24. The fraction of sp³-hybridized carbons (Fsp3) is 0.118. The Bertz CT molecular complexity index is 1080. The molecule has 0 radical (unpaired) electrons. The zero-order valence-corrected chi connectivity index (χ0v) is 12.7. The standard InChI is InChI=1S/C17H14N4O2/c1-11-18-19-17-20(11)15-6-4-3-5-14(15)16(22)21(17)12-7-9-13(23-2)10-8-12/h3-10H,1-2H3. The van der Waals surface area contributed by atoms with Crippen molar-refractivity contribution in [3.63, 3.8) is 0 Å². The third-order valence-corrected chi connectivity index (χ3v) is 3.92. The summed E-state index contributed by atoms with van der Waals surface area (Å²) < 4.78 is 8.64. The van der Waals surface area contributed by atoms with Crippen molar-refractivity contribution < 1.29 is 4.74 Å². The Morgan fingerprint density at radius 3 is 2.48 bits per heavy atom. The molecule has 0 amide bonds. The van der Waals surface area contributed by atoms with E-state index in [1.165, 1.54) is 0 Å². The van der Waals surface area contributed by atoms with Crippen LogP contribution in [0.3, 0.4) is 0 Å². The molecule has 2 heterocycles. The zero-order chi connectivity index (χ0) is 16.0. The van der Waals surface area contributed by atoms with E-state index >= 15 is 0 Å². The van der Waals surface area contributed by atoms with Crippen LogP contribution in [0, 0.1) is 6.92 Å². The van der Waals surface area contributed by atoms with Crippen molar-refractivity contribution in [2.75, 3.05) is 7.11 Å². The number of nitrogens with zero attached hydrogens (tertiary/aromatic N) is 4. The van der Waals surface area contributed by atoms with E-state index in [1.54, 1.807) is 11.7 Å². The van der Waals surface area contributed by atoms with Crippen molar-refractivity contribution in [2.24, 2.45) is 0 Å². The number of rotatable bonds is 2. The summed E-state index contributed by atoms with van der Waals surface area (Å²) in [6, 6.07) is 14.8. The van der Waals surface area contributed by atoms with E-state index in [0.717, 1.165) is 22.8 Å². The molecule has 0 fully saturated rings. The van der Waals surface area contributed by atoms with Gasteiger partial charge in [0, 0.05) is 0 Å². The van der Waals surface area contributed by atoms with Crippen molar-refractivity contribution in [1.82, 2.24) is 19.2 Å². The summed E-state index contributed by atoms with van der Waals surface area (Å²) in [4.78, 5) is 13.0. The first-order valence-corrected chi connectivity index (χ1v) is 7.20. The minimum Gasteiger partial charge on any atom is -0.497 e. The highest BCUT2D eigenvalue weighted by Crippen LogP contribution is 2.19. The molecular weight excluding hydrogens is 292 g/mol. The number of fused-ring (bicyclic) bond motifs is 3. The smallest absolute Gasteiger partial charge is 0.267 e. The number of para-hydroxylation sites is 1.